The number of carbonyl (C=O) groups is 1. The molecule has 0 radical (unpaired) electrons. The summed E-state index contributed by atoms with van der Waals surface area (Å²) in [4.78, 5) is 27.9. The van der Waals surface area contributed by atoms with Gasteiger partial charge < -0.3 is 33.0 Å². The summed E-state index contributed by atoms with van der Waals surface area (Å²) < 4.78 is 45.9. The Bertz CT molecular complexity index is 2670. The third-order valence-corrected chi connectivity index (χ3v) is 23.5. The smallest absolute Gasteiger partial charge is 0.259 e. The second-order valence-corrected chi connectivity index (χ2v) is 27.9. The molecule has 7 rings (SSSR count). The van der Waals surface area contributed by atoms with Crippen LogP contribution in [0.5, 0.6) is 11.5 Å². The lowest BCUT2D eigenvalue weighted by Gasteiger charge is -2.46. The Morgan fingerprint density at radius 2 is 1.32 bits per heavy atom. The van der Waals surface area contributed by atoms with Crippen LogP contribution in [-0.2, 0) is 23.8 Å². The summed E-state index contributed by atoms with van der Waals surface area (Å²) in [6.45, 7) is 22.7. The van der Waals surface area contributed by atoms with Crippen LogP contribution in [0.4, 0.5) is 5.82 Å². The molecule has 0 bridgehead atoms. The van der Waals surface area contributed by atoms with Crippen molar-refractivity contribution in [2.45, 2.75) is 133 Å². The van der Waals surface area contributed by atoms with Crippen LogP contribution in [-0.4, -0.2) is 95.4 Å². The molecule has 1 fully saturated rings. The standard InChI is InChI=1S/C56H72N7O7PSSi/c1-37(2)63(38(3)4)71(68-33-19-32-57)69-50-48(34-67-56(43-22-17-14-18-23-43,44-24-28-46(65-11)29-25-44)45-26-30-47(66-12)31-27-45)72-55(51(50)70-73(39(5)6,40(7)8)41(9)10)62-36-60-49-52(58-35-59-53(49)62)61-54(64)42-20-15-13-16-21-42/h13-18,20-31,35-41,48,50-51,55H,19,33-34H2,1-12H3,(H,58,59,61,64)/t48-,50-,51-,55-,71?/m1/s1. The van der Waals surface area contributed by atoms with Gasteiger partial charge in [-0.3, -0.25) is 9.36 Å². The molecular formula is C56H72N7O7PSSi. The Hall–Kier alpha value is -5.21. The largest absolute Gasteiger partial charge is 0.497 e. The summed E-state index contributed by atoms with van der Waals surface area (Å²) in [5, 5.41) is 11.9. The summed E-state index contributed by atoms with van der Waals surface area (Å²) in [5.74, 6) is 1.44. The number of nitriles is 1. The summed E-state index contributed by atoms with van der Waals surface area (Å²) >= 11 is 1.70. The molecule has 1 amide bonds. The molecule has 0 spiro atoms. The number of aromatic nitrogens is 4. The van der Waals surface area contributed by atoms with Crippen molar-refractivity contribution in [3.8, 4) is 17.6 Å². The molecule has 1 N–H and O–H groups in total. The third-order valence-electron chi connectivity index (χ3n) is 13.7. The second-order valence-electron chi connectivity index (χ2n) is 19.8. The summed E-state index contributed by atoms with van der Waals surface area (Å²) in [5.41, 5.74) is 3.73. The van der Waals surface area contributed by atoms with Crippen molar-refractivity contribution in [2.75, 3.05) is 32.8 Å². The molecule has 5 atom stereocenters. The number of hydrogen-bond acceptors (Lipinski definition) is 13. The average Bonchev–Trinajstić information content (AvgIpc) is 3.97. The first-order chi connectivity index (χ1) is 35.1. The van der Waals surface area contributed by atoms with E-state index in [9.17, 15) is 10.1 Å². The minimum absolute atomic E-state index is 0.0391. The molecule has 388 valence electrons. The first-order valence-corrected chi connectivity index (χ1v) is 29.4. The second kappa shape index (κ2) is 24.9. The van der Waals surface area contributed by atoms with Gasteiger partial charge in [0.15, 0.2) is 17.0 Å². The van der Waals surface area contributed by atoms with Gasteiger partial charge in [-0.1, -0.05) is 114 Å². The van der Waals surface area contributed by atoms with Gasteiger partial charge in [0.2, 0.25) is 8.32 Å². The number of hydrogen-bond donors (Lipinski definition) is 1. The lowest BCUT2D eigenvalue weighted by Crippen LogP contribution is -2.54. The predicted molar refractivity (Wildman–Crippen MR) is 294 cm³/mol. The van der Waals surface area contributed by atoms with E-state index in [-0.39, 0.29) is 54.2 Å². The fourth-order valence-electron chi connectivity index (χ4n) is 10.5. The highest BCUT2D eigenvalue weighted by atomic mass is 32.2. The van der Waals surface area contributed by atoms with Gasteiger partial charge in [0.1, 0.15) is 41.0 Å². The number of fused-ring (bicyclic) bond motifs is 1. The number of anilines is 1. The Labute approximate surface area is 438 Å². The van der Waals surface area contributed by atoms with Gasteiger partial charge in [-0.2, -0.15) is 5.26 Å². The average molecular weight is 1050 g/mol. The Morgan fingerprint density at radius 1 is 0.767 bits per heavy atom. The molecule has 0 saturated carbocycles. The zero-order chi connectivity index (χ0) is 52.5. The Morgan fingerprint density at radius 3 is 1.84 bits per heavy atom. The van der Waals surface area contributed by atoms with Crippen molar-refractivity contribution < 1.29 is 32.5 Å². The van der Waals surface area contributed by atoms with Gasteiger partial charge >= 0.3 is 0 Å². The van der Waals surface area contributed by atoms with E-state index in [1.807, 2.05) is 60.7 Å². The van der Waals surface area contributed by atoms with Crippen molar-refractivity contribution in [2.24, 2.45) is 0 Å². The molecule has 1 unspecified atom stereocenters. The van der Waals surface area contributed by atoms with Gasteiger partial charge in [0.25, 0.3) is 14.4 Å². The van der Waals surface area contributed by atoms with Crippen LogP contribution in [0, 0.1) is 11.3 Å². The Kier molecular flexibility index (Phi) is 18.9. The van der Waals surface area contributed by atoms with E-state index in [1.165, 1.54) is 6.33 Å². The van der Waals surface area contributed by atoms with Gasteiger partial charge in [-0.15, -0.1) is 11.8 Å². The van der Waals surface area contributed by atoms with Gasteiger partial charge in [0.05, 0.1) is 51.5 Å². The third kappa shape index (κ3) is 11.9. The van der Waals surface area contributed by atoms with Crippen molar-refractivity contribution >= 4 is 51.5 Å². The molecule has 2 aromatic heterocycles. The number of thioether (sulfide) groups is 1. The van der Waals surface area contributed by atoms with E-state index in [1.54, 1.807) is 44.4 Å². The van der Waals surface area contributed by atoms with Crippen LogP contribution in [0.2, 0.25) is 16.6 Å². The topological polar surface area (TPSA) is 155 Å². The SMILES string of the molecule is COc1ccc(C(OC[C@H]2S[C@@H](n3cnc4c(NC(=O)c5ccccc5)ncnc43)[C@H](O[Si](C(C)C)(C(C)C)C(C)C)[C@@H]2OP(OCCC#N)N(C(C)C)C(C)C)(c2ccccc2)c2ccc(OC)cc2)cc1. The molecule has 1 aliphatic heterocycles. The molecule has 17 heteroatoms. The van der Waals surface area contributed by atoms with Crippen LogP contribution in [0.25, 0.3) is 11.2 Å². The van der Waals surface area contributed by atoms with Gasteiger partial charge in [-0.25, -0.2) is 19.6 Å². The maximum atomic E-state index is 13.6. The number of amides is 1. The quantitative estimate of drug-likeness (QED) is 0.0265. The number of methoxy groups -OCH3 is 2. The lowest BCUT2D eigenvalue weighted by atomic mass is 9.80. The molecule has 1 aliphatic rings. The maximum absolute atomic E-state index is 13.6. The number of nitrogens with zero attached hydrogens (tertiary/aromatic N) is 6. The van der Waals surface area contributed by atoms with E-state index in [0.29, 0.717) is 22.5 Å². The fourth-order valence-corrected chi connectivity index (χ4v) is 19.6. The van der Waals surface area contributed by atoms with Crippen LogP contribution in [0.3, 0.4) is 0 Å². The summed E-state index contributed by atoms with van der Waals surface area (Å²) in [6.07, 6.45) is 2.22. The van der Waals surface area contributed by atoms with Crippen molar-refractivity contribution in [3.05, 3.63) is 144 Å². The lowest BCUT2D eigenvalue weighted by molar-refractivity contribution is -0.0209. The summed E-state index contributed by atoms with van der Waals surface area (Å²) in [6, 6.07) is 37.8. The molecule has 73 heavy (non-hydrogen) atoms. The first-order valence-electron chi connectivity index (χ1n) is 25.2. The molecule has 14 nitrogen and oxygen atoms in total. The Balaban J connectivity index is 1.45. The van der Waals surface area contributed by atoms with Gasteiger partial charge in [-0.05, 0) is 97.4 Å². The van der Waals surface area contributed by atoms with Gasteiger partial charge in [0, 0.05) is 17.6 Å². The molecule has 4 aromatic carbocycles. The van der Waals surface area contributed by atoms with E-state index in [0.717, 1.165) is 28.2 Å². The van der Waals surface area contributed by atoms with Crippen molar-refractivity contribution in [3.63, 3.8) is 0 Å². The zero-order valence-corrected chi connectivity index (χ0v) is 47.0. The van der Waals surface area contributed by atoms with Crippen molar-refractivity contribution in [1.82, 2.24) is 24.2 Å². The number of nitrogens with one attached hydrogen (secondary N) is 1. The molecule has 0 aliphatic carbocycles. The van der Waals surface area contributed by atoms with E-state index >= 15 is 0 Å². The normalized spacial score (nSPS) is 17.8. The van der Waals surface area contributed by atoms with Crippen molar-refractivity contribution in [1.29, 1.82) is 5.26 Å². The van der Waals surface area contributed by atoms with Crippen LogP contribution < -0.4 is 14.8 Å². The number of benzene rings is 4. The van der Waals surface area contributed by atoms with E-state index < -0.39 is 45.3 Å². The number of carbonyl (C=O) groups excluding carboxylic acids is 1. The molecule has 6 aromatic rings. The predicted octanol–water partition coefficient (Wildman–Crippen LogP) is 12.9. The summed E-state index contributed by atoms with van der Waals surface area (Å²) in [7, 11) is -1.16. The monoisotopic (exact) mass is 1050 g/mol. The molecule has 3 heterocycles. The maximum Gasteiger partial charge on any atom is 0.259 e. The minimum Gasteiger partial charge on any atom is -0.497 e. The fraction of sp³-hybridized carbons (Fsp3) is 0.446. The molecule has 1 saturated heterocycles. The molecular weight excluding hydrogens is 974 g/mol. The number of rotatable bonds is 24. The zero-order valence-electron chi connectivity index (χ0n) is 44.3. The highest BCUT2D eigenvalue weighted by Crippen LogP contribution is 2.57. The number of ether oxygens (including phenoxy) is 3. The van der Waals surface area contributed by atoms with E-state index in [2.05, 4.69) is 131 Å². The minimum atomic E-state index is -2.72. The number of imidazole rings is 1. The van der Waals surface area contributed by atoms with E-state index in [4.69, 9.17) is 37.7 Å². The van der Waals surface area contributed by atoms with Crippen LogP contribution in [0.15, 0.2) is 122 Å². The highest BCUT2D eigenvalue weighted by molar-refractivity contribution is 8.00. The highest BCUT2D eigenvalue weighted by Gasteiger charge is 2.56. The van der Waals surface area contributed by atoms with Crippen LogP contribution in [0.1, 0.15) is 108 Å². The van der Waals surface area contributed by atoms with Crippen LogP contribution >= 0.6 is 20.3 Å². The first kappa shape index (κ1) is 55.5.